The summed E-state index contributed by atoms with van der Waals surface area (Å²) in [5.41, 5.74) is 2.36. The third-order valence-electron chi connectivity index (χ3n) is 7.08. The topological polar surface area (TPSA) is 130 Å². The predicted molar refractivity (Wildman–Crippen MR) is 164 cm³/mol. The maximum atomic E-state index is 14.3. The van der Waals surface area contributed by atoms with E-state index in [1.54, 1.807) is 18.2 Å². The fourth-order valence-electron chi connectivity index (χ4n) is 4.68. The summed E-state index contributed by atoms with van der Waals surface area (Å²) >= 11 is 0. The van der Waals surface area contributed by atoms with Gasteiger partial charge in [0.05, 0.1) is 15.5 Å². The third-order valence-corrected chi connectivity index (χ3v) is 8.87. The van der Waals surface area contributed by atoms with Crippen LogP contribution in [0, 0.1) is 17.0 Å². The summed E-state index contributed by atoms with van der Waals surface area (Å²) in [7, 11) is -2.81. The molecule has 1 atom stereocenters. The van der Waals surface area contributed by atoms with Crippen molar-refractivity contribution in [3.8, 4) is 0 Å². The lowest BCUT2D eigenvalue weighted by Gasteiger charge is -2.34. The molecule has 0 saturated heterocycles. The maximum absolute atomic E-state index is 14.3. The van der Waals surface area contributed by atoms with Crippen molar-refractivity contribution in [1.82, 2.24) is 10.2 Å². The van der Waals surface area contributed by atoms with E-state index in [1.807, 2.05) is 61.5 Å². The highest BCUT2D eigenvalue weighted by atomic mass is 32.2. The number of nitrogens with zero attached hydrogens (tertiary/aromatic N) is 3. The lowest BCUT2D eigenvalue weighted by Crippen LogP contribution is -2.53. The van der Waals surface area contributed by atoms with Gasteiger partial charge in [-0.1, -0.05) is 72.8 Å². The molecule has 222 valence electrons. The van der Waals surface area contributed by atoms with Crippen molar-refractivity contribution in [3.63, 3.8) is 0 Å². The van der Waals surface area contributed by atoms with E-state index in [9.17, 15) is 28.1 Å². The average Bonchev–Trinajstić information content (AvgIpc) is 3.02. The number of amides is 2. The molecule has 0 bridgehead atoms. The Morgan fingerprint density at radius 3 is 2.02 bits per heavy atom. The first-order valence-electron chi connectivity index (χ1n) is 13.5. The highest BCUT2D eigenvalue weighted by Gasteiger charge is 2.34. The second kappa shape index (κ2) is 13.8. The average molecular weight is 601 g/mol. The zero-order valence-electron chi connectivity index (χ0n) is 23.8. The summed E-state index contributed by atoms with van der Waals surface area (Å²) in [4.78, 5) is 39.6. The van der Waals surface area contributed by atoms with Gasteiger partial charge in [-0.25, -0.2) is 8.42 Å². The van der Waals surface area contributed by atoms with Crippen molar-refractivity contribution < 1.29 is 22.9 Å². The third kappa shape index (κ3) is 7.44. The van der Waals surface area contributed by atoms with E-state index >= 15 is 0 Å². The van der Waals surface area contributed by atoms with Crippen LogP contribution < -0.4 is 9.62 Å². The molecule has 0 aromatic heterocycles. The normalized spacial score (nSPS) is 11.8. The number of benzene rings is 4. The van der Waals surface area contributed by atoms with Gasteiger partial charge < -0.3 is 10.2 Å². The van der Waals surface area contributed by atoms with Crippen molar-refractivity contribution in [2.45, 2.75) is 30.8 Å². The quantitative estimate of drug-likeness (QED) is 0.189. The van der Waals surface area contributed by atoms with Crippen molar-refractivity contribution in [2.75, 3.05) is 17.9 Å². The molecule has 43 heavy (non-hydrogen) atoms. The van der Waals surface area contributed by atoms with E-state index in [4.69, 9.17) is 0 Å². The van der Waals surface area contributed by atoms with Gasteiger partial charge in [0.25, 0.3) is 15.7 Å². The number of likely N-dealkylation sites (N-methyl/N-ethyl adjacent to an activating group) is 1. The zero-order chi connectivity index (χ0) is 31.0. The highest BCUT2D eigenvalue weighted by molar-refractivity contribution is 7.92. The smallest absolute Gasteiger partial charge is 0.269 e. The van der Waals surface area contributed by atoms with Crippen molar-refractivity contribution >= 4 is 33.2 Å². The molecule has 0 aliphatic heterocycles. The minimum absolute atomic E-state index is 0.0515. The molecule has 10 nitrogen and oxygen atoms in total. The standard InChI is InChI=1S/C32H32N4O6S/c1-24-11-9-10-14-26(24)22-34(30(32(38)33-2)21-25-12-5-3-6-13-25)31(37)23-35(27-17-19-28(20-18-27)36(39)40)43(41,42)29-15-7-4-8-16-29/h3-20,30H,21-23H2,1-2H3,(H,33,38)/t30-/m0/s1. The summed E-state index contributed by atoms with van der Waals surface area (Å²) in [6, 6.07) is 28.3. The molecule has 0 aliphatic rings. The first kappa shape index (κ1) is 30.9. The first-order chi connectivity index (χ1) is 20.6. The predicted octanol–water partition coefficient (Wildman–Crippen LogP) is 4.48. The molecule has 4 aromatic carbocycles. The van der Waals surface area contributed by atoms with Crippen molar-refractivity contribution in [1.29, 1.82) is 0 Å². The molecule has 11 heteroatoms. The van der Waals surface area contributed by atoms with Gasteiger partial charge in [-0.3, -0.25) is 24.0 Å². The number of sulfonamides is 1. The molecule has 0 fully saturated rings. The zero-order valence-corrected chi connectivity index (χ0v) is 24.6. The molecule has 0 radical (unpaired) electrons. The van der Waals surface area contributed by atoms with Crippen LogP contribution >= 0.6 is 0 Å². The lowest BCUT2D eigenvalue weighted by molar-refractivity contribution is -0.384. The number of anilines is 1. The van der Waals surface area contributed by atoms with E-state index in [0.717, 1.165) is 21.0 Å². The molecular formula is C32H32N4O6S. The highest BCUT2D eigenvalue weighted by Crippen LogP contribution is 2.27. The summed E-state index contributed by atoms with van der Waals surface area (Å²) in [5.74, 6) is -1.02. The molecule has 0 saturated carbocycles. The van der Waals surface area contributed by atoms with Crippen LogP contribution in [0.5, 0.6) is 0 Å². The van der Waals surface area contributed by atoms with Gasteiger partial charge in [0.15, 0.2) is 0 Å². The van der Waals surface area contributed by atoms with E-state index in [0.29, 0.717) is 0 Å². The molecule has 4 rings (SSSR count). The van der Waals surface area contributed by atoms with Crippen LogP contribution in [-0.4, -0.2) is 49.7 Å². The number of hydrogen-bond acceptors (Lipinski definition) is 6. The van der Waals surface area contributed by atoms with E-state index in [2.05, 4.69) is 5.32 Å². The number of aryl methyl sites for hydroxylation is 1. The molecule has 0 heterocycles. The summed E-state index contributed by atoms with van der Waals surface area (Å²) in [5, 5.41) is 13.9. The number of nitro benzene ring substituents is 1. The number of rotatable bonds is 12. The van der Waals surface area contributed by atoms with Gasteiger partial charge in [0.2, 0.25) is 11.8 Å². The van der Waals surface area contributed by atoms with Crippen LogP contribution in [0.1, 0.15) is 16.7 Å². The van der Waals surface area contributed by atoms with Crippen molar-refractivity contribution in [2.24, 2.45) is 0 Å². The minimum atomic E-state index is -4.29. The Morgan fingerprint density at radius 1 is 0.860 bits per heavy atom. The number of nitro groups is 1. The van der Waals surface area contributed by atoms with E-state index < -0.39 is 39.3 Å². The van der Waals surface area contributed by atoms with Gasteiger partial charge in [0.1, 0.15) is 12.6 Å². The Bertz CT molecular complexity index is 1680. The Hall–Kier alpha value is -5.03. The molecule has 0 unspecified atom stereocenters. The Kier molecular flexibility index (Phi) is 9.89. The monoisotopic (exact) mass is 600 g/mol. The van der Waals surface area contributed by atoms with Crippen LogP contribution in [0.15, 0.2) is 114 Å². The summed E-state index contributed by atoms with van der Waals surface area (Å²) < 4.78 is 28.7. The van der Waals surface area contributed by atoms with Crippen molar-refractivity contribution in [3.05, 3.63) is 136 Å². The first-order valence-corrected chi connectivity index (χ1v) is 15.0. The van der Waals surface area contributed by atoms with Crippen LogP contribution in [-0.2, 0) is 32.6 Å². The minimum Gasteiger partial charge on any atom is -0.357 e. The summed E-state index contributed by atoms with van der Waals surface area (Å²) in [6.45, 7) is 1.30. The Labute approximate surface area is 250 Å². The SMILES string of the molecule is CNC(=O)[C@H](Cc1ccccc1)N(Cc1ccccc1C)C(=O)CN(c1ccc([N+](=O)[O-])cc1)S(=O)(=O)c1ccccc1. The van der Waals surface area contributed by atoms with E-state index in [1.165, 1.54) is 48.3 Å². The second-order valence-corrected chi connectivity index (χ2v) is 11.7. The Morgan fingerprint density at radius 2 is 1.44 bits per heavy atom. The van der Waals surface area contributed by atoms with Gasteiger partial charge in [-0.05, 0) is 47.9 Å². The fourth-order valence-corrected chi connectivity index (χ4v) is 6.12. The van der Waals surface area contributed by atoms with Gasteiger partial charge in [0, 0.05) is 32.1 Å². The molecule has 2 amide bonds. The van der Waals surface area contributed by atoms with Gasteiger partial charge in [-0.2, -0.15) is 0 Å². The molecule has 4 aromatic rings. The second-order valence-electron chi connectivity index (χ2n) is 9.87. The number of nitrogens with one attached hydrogen (secondary N) is 1. The molecule has 1 N–H and O–H groups in total. The van der Waals surface area contributed by atoms with E-state index in [-0.39, 0.29) is 29.2 Å². The molecule has 0 aliphatic carbocycles. The van der Waals surface area contributed by atoms with Crippen LogP contribution in [0.25, 0.3) is 0 Å². The maximum Gasteiger partial charge on any atom is 0.269 e. The number of non-ortho nitro benzene ring substituents is 1. The fraction of sp³-hybridized carbons (Fsp3) is 0.188. The molecule has 0 spiro atoms. The van der Waals surface area contributed by atoms with Crippen LogP contribution in [0.2, 0.25) is 0 Å². The Balaban J connectivity index is 1.80. The van der Waals surface area contributed by atoms with Gasteiger partial charge in [-0.15, -0.1) is 0 Å². The lowest BCUT2D eigenvalue weighted by atomic mass is 10.0. The number of carbonyl (C=O) groups excluding carboxylic acids is 2. The van der Waals surface area contributed by atoms with Crippen LogP contribution in [0.3, 0.4) is 0 Å². The summed E-state index contributed by atoms with van der Waals surface area (Å²) in [6.07, 6.45) is 0.196. The molecular weight excluding hydrogens is 568 g/mol. The largest absolute Gasteiger partial charge is 0.357 e. The number of carbonyl (C=O) groups is 2. The van der Waals surface area contributed by atoms with Gasteiger partial charge >= 0.3 is 0 Å². The number of hydrogen-bond donors (Lipinski definition) is 1. The van der Waals surface area contributed by atoms with Crippen LogP contribution in [0.4, 0.5) is 11.4 Å².